The fraction of sp³-hybridized carbons (Fsp3) is 1.00. The summed E-state index contributed by atoms with van der Waals surface area (Å²) in [6.45, 7) is 1.78. The molecule has 0 amide bonds. The normalized spacial score (nSPS) is 31.2. The number of hydrogen-bond donors (Lipinski definition) is 1. The molecule has 1 heterocycles. The number of likely N-dealkylation sites (tertiary alicyclic amines) is 1. The Bertz CT molecular complexity index is 160. The molecule has 1 saturated heterocycles. The van der Waals surface area contributed by atoms with Gasteiger partial charge in [0.25, 0.3) is 0 Å². The predicted octanol–water partition coefficient (Wildman–Crippen LogP) is 1.31. The molecule has 1 aliphatic rings. The van der Waals surface area contributed by atoms with Crippen molar-refractivity contribution in [2.45, 2.75) is 25.7 Å². The van der Waals surface area contributed by atoms with E-state index < -0.39 is 11.8 Å². The summed E-state index contributed by atoms with van der Waals surface area (Å²) in [5, 5.41) is 0. The average molecular weight is 192 g/mol. The number of hydrogen-bond acceptors (Lipinski definition) is 2. The SMILES string of the molecule is CN1CCCC(CCN)(C(F)F)C1. The Kier molecular flexibility index (Phi) is 3.62. The number of nitrogens with zero attached hydrogens (tertiary/aromatic N) is 1. The summed E-state index contributed by atoms with van der Waals surface area (Å²) in [5.41, 5.74) is 4.54. The van der Waals surface area contributed by atoms with Crippen LogP contribution < -0.4 is 5.73 Å². The van der Waals surface area contributed by atoms with E-state index in [0.717, 1.165) is 13.0 Å². The third-order valence-corrected chi connectivity index (χ3v) is 2.90. The van der Waals surface area contributed by atoms with Gasteiger partial charge in [-0.25, -0.2) is 8.78 Å². The first-order valence-corrected chi connectivity index (χ1v) is 4.77. The predicted molar refractivity (Wildman–Crippen MR) is 48.8 cm³/mol. The molecule has 13 heavy (non-hydrogen) atoms. The largest absolute Gasteiger partial charge is 0.330 e. The number of halogens is 2. The van der Waals surface area contributed by atoms with E-state index >= 15 is 0 Å². The summed E-state index contributed by atoms with van der Waals surface area (Å²) < 4.78 is 25.7. The van der Waals surface area contributed by atoms with Crippen molar-refractivity contribution in [3.8, 4) is 0 Å². The van der Waals surface area contributed by atoms with Crippen LogP contribution >= 0.6 is 0 Å². The van der Waals surface area contributed by atoms with Crippen molar-refractivity contribution in [2.75, 3.05) is 26.7 Å². The zero-order chi connectivity index (χ0) is 9.90. The van der Waals surface area contributed by atoms with Gasteiger partial charge in [-0.15, -0.1) is 0 Å². The van der Waals surface area contributed by atoms with Gasteiger partial charge in [-0.3, -0.25) is 0 Å². The second-order valence-corrected chi connectivity index (χ2v) is 4.04. The fourth-order valence-corrected chi connectivity index (χ4v) is 2.18. The van der Waals surface area contributed by atoms with Crippen LogP contribution in [0.1, 0.15) is 19.3 Å². The molecule has 0 radical (unpaired) electrons. The van der Waals surface area contributed by atoms with E-state index in [-0.39, 0.29) is 0 Å². The Hall–Kier alpha value is -0.220. The van der Waals surface area contributed by atoms with Crippen molar-refractivity contribution in [3.63, 3.8) is 0 Å². The molecule has 0 aliphatic carbocycles. The zero-order valence-electron chi connectivity index (χ0n) is 8.10. The van der Waals surface area contributed by atoms with E-state index in [1.807, 2.05) is 11.9 Å². The molecule has 1 unspecified atom stereocenters. The van der Waals surface area contributed by atoms with Crippen LogP contribution in [0, 0.1) is 5.41 Å². The van der Waals surface area contributed by atoms with Crippen molar-refractivity contribution in [1.82, 2.24) is 4.90 Å². The highest BCUT2D eigenvalue weighted by Crippen LogP contribution is 2.38. The molecule has 0 saturated carbocycles. The Labute approximate surface area is 78.1 Å². The Balaban J connectivity index is 2.64. The standard InChI is InChI=1S/C9H18F2N2/c1-13-6-2-3-9(7-13,4-5-12)8(10)11/h8H,2-7,12H2,1H3. The average Bonchev–Trinajstić information content (AvgIpc) is 2.04. The minimum Gasteiger partial charge on any atom is -0.330 e. The van der Waals surface area contributed by atoms with Gasteiger partial charge in [-0.1, -0.05) is 0 Å². The van der Waals surface area contributed by atoms with Gasteiger partial charge < -0.3 is 10.6 Å². The molecule has 1 rings (SSSR count). The lowest BCUT2D eigenvalue weighted by atomic mass is 9.77. The summed E-state index contributed by atoms with van der Waals surface area (Å²) in [4.78, 5) is 1.98. The van der Waals surface area contributed by atoms with Gasteiger partial charge in [-0.2, -0.15) is 0 Å². The van der Waals surface area contributed by atoms with Crippen LogP contribution in [0.15, 0.2) is 0 Å². The van der Waals surface area contributed by atoms with Crippen LogP contribution in [-0.4, -0.2) is 38.0 Å². The first-order valence-electron chi connectivity index (χ1n) is 4.77. The summed E-state index contributed by atoms with van der Waals surface area (Å²) in [6.07, 6.45) is -0.319. The number of rotatable bonds is 3. The Morgan fingerprint density at radius 2 is 2.23 bits per heavy atom. The van der Waals surface area contributed by atoms with Crippen LogP contribution in [-0.2, 0) is 0 Å². The van der Waals surface area contributed by atoms with Gasteiger partial charge in [0.15, 0.2) is 0 Å². The maximum Gasteiger partial charge on any atom is 0.245 e. The van der Waals surface area contributed by atoms with E-state index in [9.17, 15) is 8.78 Å². The zero-order valence-corrected chi connectivity index (χ0v) is 8.10. The van der Waals surface area contributed by atoms with Crippen molar-refractivity contribution in [1.29, 1.82) is 0 Å². The van der Waals surface area contributed by atoms with Gasteiger partial charge in [0.1, 0.15) is 0 Å². The van der Waals surface area contributed by atoms with Crippen molar-refractivity contribution < 1.29 is 8.78 Å². The molecule has 0 aromatic carbocycles. The van der Waals surface area contributed by atoms with Crippen molar-refractivity contribution in [3.05, 3.63) is 0 Å². The van der Waals surface area contributed by atoms with Crippen molar-refractivity contribution >= 4 is 0 Å². The first kappa shape index (κ1) is 10.9. The van der Waals surface area contributed by atoms with Gasteiger partial charge in [0.05, 0.1) is 0 Å². The molecule has 4 heteroatoms. The molecule has 0 aromatic heterocycles. The summed E-state index contributed by atoms with van der Waals surface area (Å²) in [7, 11) is 1.90. The third kappa shape index (κ3) is 2.38. The van der Waals surface area contributed by atoms with Crippen LogP contribution in [0.3, 0.4) is 0 Å². The van der Waals surface area contributed by atoms with Gasteiger partial charge >= 0.3 is 0 Å². The van der Waals surface area contributed by atoms with Crippen LogP contribution in [0.4, 0.5) is 8.78 Å². The minimum absolute atomic E-state index is 0.359. The molecule has 1 atom stereocenters. The summed E-state index contributed by atoms with van der Waals surface area (Å²) in [6, 6.07) is 0. The second-order valence-electron chi connectivity index (χ2n) is 4.04. The Morgan fingerprint density at radius 1 is 1.54 bits per heavy atom. The topological polar surface area (TPSA) is 29.3 Å². The Morgan fingerprint density at radius 3 is 2.69 bits per heavy atom. The maximum atomic E-state index is 12.9. The van der Waals surface area contributed by atoms with Gasteiger partial charge in [0, 0.05) is 12.0 Å². The molecule has 0 aromatic rings. The molecule has 1 fully saturated rings. The van der Waals surface area contributed by atoms with Gasteiger partial charge in [-0.05, 0) is 39.4 Å². The van der Waals surface area contributed by atoms with E-state index in [1.165, 1.54) is 0 Å². The molecule has 78 valence electrons. The van der Waals surface area contributed by atoms with Crippen LogP contribution in [0.2, 0.25) is 0 Å². The molecular formula is C9H18F2N2. The quantitative estimate of drug-likeness (QED) is 0.730. The highest BCUT2D eigenvalue weighted by molar-refractivity contribution is 4.88. The first-order chi connectivity index (χ1) is 6.10. The minimum atomic E-state index is -2.24. The van der Waals surface area contributed by atoms with Gasteiger partial charge in [0.2, 0.25) is 6.43 Å². The second kappa shape index (κ2) is 4.33. The molecule has 0 spiro atoms. The van der Waals surface area contributed by atoms with Crippen molar-refractivity contribution in [2.24, 2.45) is 11.1 Å². The fourth-order valence-electron chi connectivity index (χ4n) is 2.18. The monoisotopic (exact) mass is 192 g/mol. The van der Waals surface area contributed by atoms with E-state index in [1.54, 1.807) is 0 Å². The van der Waals surface area contributed by atoms with E-state index in [4.69, 9.17) is 5.73 Å². The highest BCUT2D eigenvalue weighted by Gasteiger charge is 2.41. The maximum absolute atomic E-state index is 12.9. The van der Waals surface area contributed by atoms with E-state index in [0.29, 0.717) is 25.9 Å². The molecular weight excluding hydrogens is 174 g/mol. The van der Waals surface area contributed by atoms with Crippen LogP contribution in [0.25, 0.3) is 0 Å². The third-order valence-electron chi connectivity index (χ3n) is 2.90. The lowest BCUT2D eigenvalue weighted by molar-refractivity contribution is -0.0532. The highest BCUT2D eigenvalue weighted by atomic mass is 19.3. The van der Waals surface area contributed by atoms with E-state index in [2.05, 4.69) is 0 Å². The molecule has 2 nitrogen and oxygen atoms in total. The summed E-state index contributed by atoms with van der Waals surface area (Å²) in [5.74, 6) is 0. The lowest BCUT2D eigenvalue weighted by Gasteiger charge is -2.40. The number of piperidine rings is 1. The lowest BCUT2D eigenvalue weighted by Crippen LogP contribution is -2.46. The summed E-state index contributed by atoms with van der Waals surface area (Å²) >= 11 is 0. The molecule has 0 bridgehead atoms. The number of nitrogens with two attached hydrogens (primary N) is 1. The smallest absolute Gasteiger partial charge is 0.245 e. The van der Waals surface area contributed by atoms with Crippen LogP contribution in [0.5, 0.6) is 0 Å². The number of alkyl halides is 2. The molecule has 2 N–H and O–H groups in total. The molecule has 1 aliphatic heterocycles.